The second-order valence-electron chi connectivity index (χ2n) is 11.3. The van der Waals surface area contributed by atoms with Crippen molar-refractivity contribution in [3.05, 3.63) is 9.47 Å². The van der Waals surface area contributed by atoms with Crippen molar-refractivity contribution >= 4 is 44.0 Å². The Morgan fingerprint density at radius 2 is 1.25 bits per heavy atom. The molecular formula is C27H44Br2N2O5. The van der Waals surface area contributed by atoms with Crippen LogP contribution in [0.25, 0.3) is 0 Å². The molecule has 0 unspecified atom stereocenters. The average molecular weight is 636 g/mol. The van der Waals surface area contributed by atoms with Gasteiger partial charge in [0, 0.05) is 32.6 Å². The Kier molecular flexibility index (Phi) is 14.5. The lowest BCUT2D eigenvalue weighted by molar-refractivity contribution is 0.0175. The number of nitrogens with zero attached hydrogens (tertiary/aromatic N) is 2. The molecule has 0 radical (unpaired) electrons. The zero-order chi connectivity index (χ0) is 27.4. The molecule has 1 N–H and O–H groups in total. The Balaban J connectivity index is 0.000000360. The van der Waals surface area contributed by atoms with E-state index in [0.29, 0.717) is 11.8 Å². The van der Waals surface area contributed by atoms with Crippen LogP contribution in [-0.4, -0.2) is 71.1 Å². The molecule has 0 aromatic rings. The molecule has 0 saturated carbocycles. The Labute approximate surface area is 234 Å². The van der Waals surface area contributed by atoms with Crippen molar-refractivity contribution in [1.82, 2.24) is 9.80 Å². The molecule has 2 rings (SSSR count). The van der Waals surface area contributed by atoms with Crippen LogP contribution in [0.2, 0.25) is 0 Å². The standard InChI is InChI=1S/C14H23NO3.C13H21Br2NO2/c1-14(2,3)18-13(17)15-9-7-12(8-10-15)6-4-5-11-16;1-13(2,3)18-12(17)16-8-6-10(7-9-16)4-5-11(14)15/h12,16H,6-11H2,1-3H3;5,10H,4,6-9H2,1-3H3. The number of rotatable bonds is 3. The number of carbonyl (C=O) groups excluding carboxylic acids is 2. The summed E-state index contributed by atoms with van der Waals surface area (Å²) in [5.74, 6) is 6.80. The summed E-state index contributed by atoms with van der Waals surface area (Å²) in [5, 5.41) is 8.58. The first kappa shape index (κ1) is 32.8. The summed E-state index contributed by atoms with van der Waals surface area (Å²) in [6, 6.07) is 0. The highest BCUT2D eigenvalue weighted by molar-refractivity contribution is 9.28. The highest BCUT2D eigenvalue weighted by Crippen LogP contribution is 2.25. The van der Waals surface area contributed by atoms with Gasteiger partial charge in [0.15, 0.2) is 0 Å². The molecule has 2 amide bonds. The lowest BCUT2D eigenvalue weighted by Gasteiger charge is -2.33. The first-order valence-electron chi connectivity index (χ1n) is 12.7. The van der Waals surface area contributed by atoms with Gasteiger partial charge in [0.05, 0.1) is 3.39 Å². The van der Waals surface area contributed by atoms with Gasteiger partial charge in [0.1, 0.15) is 17.8 Å². The predicted molar refractivity (Wildman–Crippen MR) is 151 cm³/mol. The van der Waals surface area contributed by atoms with Gasteiger partial charge < -0.3 is 24.4 Å². The molecule has 2 saturated heterocycles. The molecule has 2 fully saturated rings. The van der Waals surface area contributed by atoms with Crippen molar-refractivity contribution in [2.24, 2.45) is 11.8 Å². The largest absolute Gasteiger partial charge is 0.444 e. The number of amides is 2. The van der Waals surface area contributed by atoms with Crippen LogP contribution < -0.4 is 0 Å². The summed E-state index contributed by atoms with van der Waals surface area (Å²) >= 11 is 6.73. The molecule has 36 heavy (non-hydrogen) atoms. The lowest BCUT2D eigenvalue weighted by Crippen LogP contribution is -2.41. The number of hydrogen-bond donors (Lipinski definition) is 1. The van der Waals surface area contributed by atoms with Crippen LogP contribution in [0.15, 0.2) is 9.47 Å². The average Bonchev–Trinajstić information content (AvgIpc) is 2.77. The van der Waals surface area contributed by atoms with Crippen LogP contribution in [0, 0.1) is 23.7 Å². The predicted octanol–water partition coefficient (Wildman–Crippen LogP) is 6.67. The van der Waals surface area contributed by atoms with Crippen LogP contribution in [0.3, 0.4) is 0 Å². The minimum atomic E-state index is -0.430. The maximum Gasteiger partial charge on any atom is 0.410 e. The quantitative estimate of drug-likeness (QED) is 0.350. The van der Waals surface area contributed by atoms with E-state index in [0.717, 1.165) is 68.1 Å². The molecule has 0 bridgehead atoms. The van der Waals surface area contributed by atoms with E-state index in [1.807, 2.05) is 46.4 Å². The number of aliphatic hydroxyl groups excluding tert-OH is 1. The number of hydrogen-bond acceptors (Lipinski definition) is 5. The molecule has 9 heteroatoms. The minimum absolute atomic E-state index is 0.0727. The van der Waals surface area contributed by atoms with Crippen LogP contribution >= 0.6 is 31.9 Å². The maximum absolute atomic E-state index is 11.9. The zero-order valence-corrected chi connectivity index (χ0v) is 25.9. The fourth-order valence-corrected chi connectivity index (χ4v) is 4.23. The summed E-state index contributed by atoms with van der Waals surface area (Å²) in [7, 11) is 0. The van der Waals surface area contributed by atoms with Gasteiger partial charge in [-0.05, 0) is 117 Å². The maximum atomic E-state index is 11.9. The van der Waals surface area contributed by atoms with Crippen molar-refractivity contribution in [1.29, 1.82) is 0 Å². The van der Waals surface area contributed by atoms with E-state index in [4.69, 9.17) is 14.6 Å². The molecule has 0 aromatic carbocycles. The van der Waals surface area contributed by atoms with Gasteiger partial charge in [0.2, 0.25) is 0 Å². The smallest absolute Gasteiger partial charge is 0.410 e. The van der Waals surface area contributed by atoms with Gasteiger partial charge in [-0.2, -0.15) is 0 Å². The SMILES string of the molecule is CC(C)(C)OC(=O)N1CCC(CC#CCO)CC1.CC(C)(C)OC(=O)N1CCC(CC=C(Br)Br)CC1. The van der Waals surface area contributed by atoms with E-state index in [2.05, 4.69) is 49.8 Å². The van der Waals surface area contributed by atoms with Gasteiger partial charge in [0.25, 0.3) is 0 Å². The fourth-order valence-electron chi connectivity index (χ4n) is 3.85. The van der Waals surface area contributed by atoms with Crippen LogP contribution in [0.4, 0.5) is 9.59 Å². The van der Waals surface area contributed by atoms with Gasteiger partial charge in [-0.25, -0.2) is 9.59 Å². The highest BCUT2D eigenvalue weighted by atomic mass is 79.9. The Hall–Kier alpha value is -1.24. The monoisotopic (exact) mass is 634 g/mol. The van der Waals surface area contributed by atoms with E-state index in [1.165, 1.54) is 0 Å². The van der Waals surface area contributed by atoms with Gasteiger partial charge >= 0.3 is 12.2 Å². The minimum Gasteiger partial charge on any atom is -0.444 e. The van der Waals surface area contributed by atoms with E-state index in [9.17, 15) is 9.59 Å². The van der Waals surface area contributed by atoms with Crippen molar-refractivity contribution < 1.29 is 24.2 Å². The number of piperidine rings is 2. The number of likely N-dealkylation sites (tertiary alicyclic amines) is 2. The molecule has 2 aliphatic rings. The molecule has 0 spiro atoms. The molecule has 7 nitrogen and oxygen atoms in total. The number of halogens is 2. The Morgan fingerprint density at radius 3 is 1.61 bits per heavy atom. The van der Waals surface area contributed by atoms with Crippen molar-refractivity contribution in [2.45, 2.75) is 91.3 Å². The number of aliphatic hydroxyl groups is 1. The van der Waals surface area contributed by atoms with Crippen molar-refractivity contribution in [3.8, 4) is 11.8 Å². The van der Waals surface area contributed by atoms with E-state index in [-0.39, 0.29) is 18.8 Å². The second-order valence-corrected chi connectivity index (χ2v) is 14.0. The summed E-state index contributed by atoms with van der Waals surface area (Å²) in [5.41, 5.74) is -0.835. The summed E-state index contributed by atoms with van der Waals surface area (Å²) in [6.07, 6.45) is 7.59. The normalized spacial score (nSPS) is 17.2. The molecule has 0 atom stereocenters. The topological polar surface area (TPSA) is 79.3 Å². The third-order valence-electron chi connectivity index (χ3n) is 5.73. The number of allylic oxidation sites excluding steroid dienone is 1. The van der Waals surface area contributed by atoms with Crippen LogP contribution in [0.1, 0.15) is 80.1 Å². The Bertz CT molecular complexity index is 773. The highest BCUT2D eigenvalue weighted by Gasteiger charge is 2.27. The fraction of sp³-hybridized carbons (Fsp3) is 0.778. The van der Waals surface area contributed by atoms with Crippen LogP contribution in [0.5, 0.6) is 0 Å². The zero-order valence-electron chi connectivity index (χ0n) is 22.7. The first-order chi connectivity index (χ1) is 16.7. The van der Waals surface area contributed by atoms with Gasteiger partial charge in [-0.3, -0.25) is 0 Å². The van der Waals surface area contributed by atoms with Crippen molar-refractivity contribution in [3.63, 3.8) is 0 Å². The second kappa shape index (κ2) is 15.9. The molecule has 0 aliphatic carbocycles. The van der Waals surface area contributed by atoms with E-state index in [1.54, 1.807) is 4.90 Å². The molecule has 2 aliphatic heterocycles. The van der Waals surface area contributed by atoms with Gasteiger partial charge in [-0.15, -0.1) is 5.92 Å². The molecular weight excluding hydrogens is 592 g/mol. The third kappa shape index (κ3) is 15.1. The summed E-state index contributed by atoms with van der Waals surface area (Å²) in [6.45, 7) is 14.3. The third-order valence-corrected chi connectivity index (χ3v) is 6.38. The van der Waals surface area contributed by atoms with Crippen LogP contribution in [-0.2, 0) is 9.47 Å². The molecule has 2 heterocycles. The molecule has 206 valence electrons. The van der Waals surface area contributed by atoms with E-state index >= 15 is 0 Å². The number of carbonyl (C=O) groups is 2. The number of ether oxygens (including phenoxy) is 2. The Morgan fingerprint density at radius 1 is 0.833 bits per heavy atom. The molecule has 0 aromatic heterocycles. The van der Waals surface area contributed by atoms with Crippen molar-refractivity contribution in [2.75, 3.05) is 32.8 Å². The van der Waals surface area contributed by atoms with Gasteiger partial charge in [-0.1, -0.05) is 12.0 Å². The van der Waals surface area contributed by atoms with E-state index < -0.39 is 11.2 Å². The first-order valence-corrected chi connectivity index (χ1v) is 14.3. The summed E-state index contributed by atoms with van der Waals surface area (Å²) < 4.78 is 11.7. The lowest BCUT2D eigenvalue weighted by atomic mass is 9.94. The summed E-state index contributed by atoms with van der Waals surface area (Å²) in [4.78, 5) is 27.3.